The number of pyridine rings is 1. The van der Waals surface area contributed by atoms with E-state index in [1.165, 1.54) is 60.5 Å². The fourth-order valence-corrected chi connectivity index (χ4v) is 11.0. The van der Waals surface area contributed by atoms with Crippen molar-refractivity contribution in [2.75, 3.05) is 0 Å². The minimum Gasteiger partial charge on any atom is -0.248 e. The molecule has 12 aromatic carbocycles. The Hall–Kier alpha value is -11.7. The molecule has 0 saturated heterocycles. The molecule has 3 aromatic heterocycles. The molecule has 3 heterocycles. The molecular formula is C82H61N7. The highest BCUT2D eigenvalue weighted by Gasteiger charge is 2.14. The van der Waals surface area contributed by atoms with Crippen molar-refractivity contribution in [3.8, 4) is 113 Å². The largest absolute Gasteiger partial charge is 0.248 e. The van der Waals surface area contributed by atoms with Gasteiger partial charge in [-0.3, -0.25) is 0 Å². The molecule has 0 saturated carbocycles. The second-order valence-electron chi connectivity index (χ2n) is 21.9. The normalized spacial score (nSPS) is 10.9. The maximum absolute atomic E-state index is 4.99. The summed E-state index contributed by atoms with van der Waals surface area (Å²) < 4.78 is 0. The zero-order valence-electron chi connectivity index (χ0n) is 49.7. The Morgan fingerprint density at radius 1 is 0.169 bits per heavy atom. The quantitative estimate of drug-likeness (QED) is 0.135. The van der Waals surface area contributed by atoms with E-state index in [0.717, 1.165) is 55.9 Å². The van der Waals surface area contributed by atoms with Gasteiger partial charge in [0.25, 0.3) is 0 Å². The lowest BCUT2D eigenvalue weighted by Crippen LogP contribution is -1.99. The highest BCUT2D eigenvalue weighted by Crippen LogP contribution is 2.32. The molecule has 7 heteroatoms. The molecule has 0 amide bonds. The molecule has 89 heavy (non-hydrogen) atoms. The Kier molecular flexibility index (Phi) is 16.7. The lowest BCUT2D eigenvalue weighted by atomic mass is 10.0. The molecule has 7 nitrogen and oxygen atoms in total. The second kappa shape index (κ2) is 26.3. The number of aryl methyl sites for hydroxylation is 3. The highest BCUT2D eigenvalue weighted by atomic mass is 15.0. The van der Waals surface area contributed by atoms with Gasteiger partial charge in [0.15, 0.2) is 23.3 Å². The van der Waals surface area contributed by atoms with Crippen LogP contribution in [0.1, 0.15) is 17.2 Å². The molecule has 15 rings (SSSR count). The summed E-state index contributed by atoms with van der Waals surface area (Å²) in [5, 5.41) is 4.99. The van der Waals surface area contributed by atoms with Gasteiger partial charge < -0.3 is 0 Å². The Bertz CT molecular complexity index is 4600. The molecule has 0 aliphatic rings. The molecule has 0 fully saturated rings. The monoisotopic (exact) mass is 1140 g/mol. The van der Waals surface area contributed by atoms with Crippen molar-refractivity contribution in [3.63, 3.8) is 0 Å². The predicted octanol–water partition coefficient (Wildman–Crippen LogP) is 20.7. The Balaban J connectivity index is 0.000000123. The minimum atomic E-state index is 0.686. The van der Waals surface area contributed by atoms with Crippen LogP contribution in [0.2, 0.25) is 0 Å². The molecule has 0 radical (unpaired) electrons. The van der Waals surface area contributed by atoms with Gasteiger partial charge in [-0.05, 0) is 129 Å². The Morgan fingerprint density at radius 2 is 0.438 bits per heavy atom. The van der Waals surface area contributed by atoms with Crippen LogP contribution < -0.4 is 0 Å². The summed E-state index contributed by atoms with van der Waals surface area (Å²) >= 11 is 0. The number of rotatable bonds is 10. The van der Waals surface area contributed by atoms with Gasteiger partial charge >= 0.3 is 0 Å². The van der Waals surface area contributed by atoms with Crippen LogP contribution in [-0.4, -0.2) is 34.9 Å². The zero-order valence-corrected chi connectivity index (χ0v) is 49.7. The maximum Gasteiger partial charge on any atom is 0.163 e. The summed E-state index contributed by atoms with van der Waals surface area (Å²) in [5.74, 6) is 4.16. The van der Waals surface area contributed by atoms with E-state index in [4.69, 9.17) is 15.0 Å². The van der Waals surface area contributed by atoms with Crippen LogP contribution in [0.4, 0.5) is 0 Å². The van der Waals surface area contributed by atoms with Crippen LogP contribution >= 0.6 is 0 Å². The van der Waals surface area contributed by atoms with E-state index in [2.05, 4.69) is 245 Å². The molecule has 0 aliphatic carbocycles. The summed E-state index contributed by atoms with van der Waals surface area (Å²) in [6, 6.07) is 109. The zero-order chi connectivity index (χ0) is 60.3. The first-order chi connectivity index (χ1) is 43.8. The summed E-state index contributed by atoms with van der Waals surface area (Å²) in [4.78, 5) is 33.0. The van der Waals surface area contributed by atoms with Gasteiger partial charge in [-0.1, -0.05) is 279 Å². The lowest BCUT2D eigenvalue weighted by molar-refractivity contribution is 0.991. The molecule has 0 N–H and O–H groups in total. The van der Waals surface area contributed by atoms with E-state index in [9.17, 15) is 0 Å². The maximum atomic E-state index is 4.99. The molecule has 0 unspecified atom stereocenters. The van der Waals surface area contributed by atoms with Crippen molar-refractivity contribution in [1.82, 2.24) is 34.9 Å². The molecule has 0 spiro atoms. The fraction of sp³-hybridized carbons (Fsp3) is 0.0366. The minimum absolute atomic E-state index is 0.686. The standard InChI is InChI=1S/2C28H21N3.C26H19N/c1-20-29-27(25-16-8-14-23(18-25)21-10-4-2-5-11-21)31-28(30-20)26-17-9-15-24(19-26)22-12-6-3-7-13-22;1-20-29-27(25-16-12-23(13-17-25)21-8-4-2-5-9-21)31-28(30-20)26-18-14-24(15-19-26)22-10-6-3-7-11-22;1-18-14-25(23-12-10-19-6-2-4-8-21(19)16-23)27-26(15-18)24-13-11-20-7-3-5-9-22(20)17-24/h2*2-19H,1H3;2-17H,1H3. The number of hydrogen-bond donors (Lipinski definition) is 0. The SMILES string of the molecule is Cc1cc(-c2ccc3ccccc3c2)nc(-c2ccc3ccccc3c2)c1.Cc1nc(-c2ccc(-c3ccccc3)cc2)nc(-c2ccc(-c3ccccc3)cc2)n1.Cc1nc(-c2cccc(-c3ccccc3)c2)nc(-c2cccc(-c3ccccc3)c2)n1. The third-order valence-electron chi connectivity index (χ3n) is 15.5. The van der Waals surface area contributed by atoms with Crippen LogP contribution in [0.25, 0.3) is 134 Å². The molecule has 0 atom stereocenters. The van der Waals surface area contributed by atoms with Gasteiger partial charge in [0.2, 0.25) is 0 Å². The van der Waals surface area contributed by atoms with Crippen LogP contribution in [0, 0.1) is 20.8 Å². The van der Waals surface area contributed by atoms with Gasteiger partial charge in [0, 0.05) is 33.4 Å². The third-order valence-corrected chi connectivity index (χ3v) is 15.5. The summed E-state index contributed by atoms with van der Waals surface area (Å²) in [6.45, 7) is 5.96. The van der Waals surface area contributed by atoms with Crippen molar-refractivity contribution in [1.29, 1.82) is 0 Å². The van der Waals surface area contributed by atoms with E-state index in [1.807, 2.05) is 111 Å². The first-order valence-electron chi connectivity index (χ1n) is 29.8. The van der Waals surface area contributed by atoms with E-state index < -0.39 is 0 Å². The van der Waals surface area contributed by atoms with Gasteiger partial charge in [-0.25, -0.2) is 34.9 Å². The topological polar surface area (TPSA) is 90.2 Å². The summed E-state index contributed by atoms with van der Waals surface area (Å²) in [7, 11) is 0. The average molecular weight is 1140 g/mol. The Labute approximate surface area is 519 Å². The van der Waals surface area contributed by atoms with Gasteiger partial charge in [-0.2, -0.15) is 0 Å². The van der Waals surface area contributed by atoms with Crippen LogP contribution in [0.3, 0.4) is 0 Å². The average Bonchev–Trinajstić information content (AvgIpc) is 3.78. The van der Waals surface area contributed by atoms with E-state index >= 15 is 0 Å². The molecule has 0 aliphatic heterocycles. The number of hydrogen-bond acceptors (Lipinski definition) is 7. The van der Waals surface area contributed by atoms with Crippen LogP contribution in [0.15, 0.2) is 315 Å². The predicted molar refractivity (Wildman–Crippen MR) is 367 cm³/mol. The molecular weight excluding hydrogens is 1080 g/mol. The second-order valence-corrected chi connectivity index (χ2v) is 21.9. The van der Waals surface area contributed by atoms with Gasteiger partial charge in [0.1, 0.15) is 11.6 Å². The van der Waals surface area contributed by atoms with Crippen molar-refractivity contribution in [2.24, 2.45) is 0 Å². The number of fused-ring (bicyclic) bond motifs is 2. The first-order valence-corrected chi connectivity index (χ1v) is 29.8. The van der Waals surface area contributed by atoms with E-state index in [1.54, 1.807) is 0 Å². The summed E-state index contributed by atoms with van der Waals surface area (Å²) in [5.41, 5.74) is 18.8. The van der Waals surface area contributed by atoms with Crippen molar-refractivity contribution >= 4 is 21.5 Å². The molecule has 15 aromatic rings. The van der Waals surface area contributed by atoms with Crippen LogP contribution in [-0.2, 0) is 0 Å². The lowest BCUT2D eigenvalue weighted by Gasteiger charge is -2.09. The number of aromatic nitrogens is 7. The van der Waals surface area contributed by atoms with Gasteiger partial charge in [-0.15, -0.1) is 0 Å². The molecule has 0 bridgehead atoms. The number of nitrogens with zero attached hydrogens (tertiary/aromatic N) is 7. The van der Waals surface area contributed by atoms with Gasteiger partial charge in [0.05, 0.1) is 11.4 Å². The number of benzene rings is 12. The third kappa shape index (κ3) is 13.6. The smallest absolute Gasteiger partial charge is 0.163 e. The Morgan fingerprint density at radius 3 is 0.809 bits per heavy atom. The summed E-state index contributed by atoms with van der Waals surface area (Å²) in [6.07, 6.45) is 0. The first kappa shape index (κ1) is 56.5. The highest BCUT2D eigenvalue weighted by molar-refractivity contribution is 5.89. The van der Waals surface area contributed by atoms with E-state index in [0.29, 0.717) is 34.9 Å². The van der Waals surface area contributed by atoms with Crippen molar-refractivity contribution in [2.45, 2.75) is 20.8 Å². The van der Waals surface area contributed by atoms with E-state index in [-0.39, 0.29) is 0 Å². The fourth-order valence-electron chi connectivity index (χ4n) is 11.0. The van der Waals surface area contributed by atoms with Crippen molar-refractivity contribution in [3.05, 3.63) is 333 Å². The van der Waals surface area contributed by atoms with Crippen molar-refractivity contribution < 1.29 is 0 Å². The molecule has 424 valence electrons. The van der Waals surface area contributed by atoms with Crippen LogP contribution in [0.5, 0.6) is 0 Å².